The van der Waals surface area contributed by atoms with Crippen LogP contribution in [0.3, 0.4) is 0 Å². The molecule has 164 valence electrons. The van der Waals surface area contributed by atoms with Crippen LogP contribution < -0.4 is 4.74 Å². The molecule has 1 aliphatic rings. The third kappa shape index (κ3) is 4.99. The summed E-state index contributed by atoms with van der Waals surface area (Å²) in [6, 6.07) is 23.7. The van der Waals surface area contributed by atoms with Crippen molar-refractivity contribution in [3.8, 4) is 16.9 Å². The van der Waals surface area contributed by atoms with Gasteiger partial charge in [0, 0.05) is 31.7 Å². The van der Waals surface area contributed by atoms with E-state index >= 15 is 0 Å². The van der Waals surface area contributed by atoms with Gasteiger partial charge in [-0.1, -0.05) is 60.2 Å². The molecule has 1 aliphatic heterocycles. The first kappa shape index (κ1) is 21.6. The minimum atomic E-state index is -0.0516. The highest BCUT2D eigenvalue weighted by Crippen LogP contribution is 2.21. The average molecular weight is 429 g/mol. The minimum absolute atomic E-state index is 0.00300. The quantitative estimate of drug-likeness (QED) is 0.608. The van der Waals surface area contributed by atoms with Crippen LogP contribution in [0.1, 0.15) is 21.5 Å². The maximum atomic E-state index is 12.9. The molecule has 0 saturated carbocycles. The van der Waals surface area contributed by atoms with Crippen molar-refractivity contribution in [2.75, 3.05) is 32.8 Å². The normalized spacial score (nSPS) is 13.7. The lowest BCUT2D eigenvalue weighted by molar-refractivity contribution is -0.134. The first-order valence-electron chi connectivity index (χ1n) is 10.9. The van der Waals surface area contributed by atoms with Crippen molar-refractivity contribution in [2.45, 2.75) is 13.8 Å². The lowest BCUT2D eigenvalue weighted by atomic mass is 10.0. The number of aryl methyl sites for hydroxylation is 2. The van der Waals surface area contributed by atoms with Gasteiger partial charge in [-0.25, -0.2) is 0 Å². The van der Waals surface area contributed by atoms with E-state index in [4.69, 9.17) is 4.74 Å². The molecule has 3 aromatic rings. The van der Waals surface area contributed by atoms with Crippen LogP contribution in [0.5, 0.6) is 5.75 Å². The van der Waals surface area contributed by atoms with Crippen molar-refractivity contribution in [1.29, 1.82) is 0 Å². The number of carbonyl (C=O) groups is 2. The Bertz CT molecular complexity index is 1090. The summed E-state index contributed by atoms with van der Waals surface area (Å²) in [5.74, 6) is 0.684. The van der Waals surface area contributed by atoms with Crippen LogP contribution in [0.2, 0.25) is 0 Å². The van der Waals surface area contributed by atoms with E-state index in [1.165, 1.54) is 0 Å². The predicted molar refractivity (Wildman–Crippen MR) is 126 cm³/mol. The molecule has 1 fully saturated rings. The largest absolute Gasteiger partial charge is 0.484 e. The number of ether oxygens (including phenoxy) is 1. The SMILES string of the molecule is Cc1ccc(OCC(=O)N2CCN(C(=O)c3ccc(-c4ccccc4)cc3)CC2)c(C)c1. The van der Waals surface area contributed by atoms with Gasteiger partial charge in [0.15, 0.2) is 6.61 Å². The van der Waals surface area contributed by atoms with Crippen LogP contribution in [0.15, 0.2) is 72.8 Å². The summed E-state index contributed by atoms with van der Waals surface area (Å²) in [5, 5.41) is 0. The van der Waals surface area contributed by atoms with Crippen LogP contribution in [0.4, 0.5) is 0 Å². The van der Waals surface area contributed by atoms with Crippen LogP contribution in [0, 0.1) is 13.8 Å². The van der Waals surface area contributed by atoms with Crippen LogP contribution in [-0.4, -0.2) is 54.4 Å². The van der Waals surface area contributed by atoms with Crippen LogP contribution >= 0.6 is 0 Å². The summed E-state index contributed by atoms with van der Waals surface area (Å²) in [7, 11) is 0. The van der Waals surface area contributed by atoms with E-state index in [1.807, 2.05) is 79.4 Å². The second-order valence-corrected chi connectivity index (χ2v) is 8.17. The van der Waals surface area contributed by atoms with E-state index in [9.17, 15) is 9.59 Å². The number of nitrogens with zero attached hydrogens (tertiary/aromatic N) is 2. The van der Waals surface area contributed by atoms with Gasteiger partial charge in [0.25, 0.3) is 11.8 Å². The van der Waals surface area contributed by atoms with E-state index in [0.29, 0.717) is 31.7 Å². The lowest BCUT2D eigenvalue weighted by Crippen LogP contribution is -2.51. The Morgan fingerprint density at radius 3 is 2.06 bits per heavy atom. The molecule has 0 atom stereocenters. The molecule has 5 nitrogen and oxygen atoms in total. The number of rotatable bonds is 5. The Hall–Kier alpha value is -3.60. The van der Waals surface area contributed by atoms with Gasteiger partial charge in [0.2, 0.25) is 0 Å². The van der Waals surface area contributed by atoms with Crippen molar-refractivity contribution in [1.82, 2.24) is 9.80 Å². The Morgan fingerprint density at radius 1 is 0.781 bits per heavy atom. The Labute approximate surface area is 189 Å². The summed E-state index contributed by atoms with van der Waals surface area (Å²) in [6.45, 7) is 6.09. The molecule has 5 heteroatoms. The number of hydrogen-bond donors (Lipinski definition) is 0. The third-order valence-corrected chi connectivity index (χ3v) is 5.84. The molecule has 1 heterocycles. The fourth-order valence-electron chi connectivity index (χ4n) is 3.97. The number of carbonyl (C=O) groups excluding carboxylic acids is 2. The molecular weight excluding hydrogens is 400 g/mol. The highest BCUT2D eigenvalue weighted by molar-refractivity contribution is 5.95. The van der Waals surface area contributed by atoms with Crippen LogP contribution in [-0.2, 0) is 4.79 Å². The maximum absolute atomic E-state index is 12.9. The topological polar surface area (TPSA) is 49.9 Å². The number of hydrogen-bond acceptors (Lipinski definition) is 3. The molecule has 4 rings (SSSR count). The molecule has 0 radical (unpaired) electrons. The Morgan fingerprint density at radius 2 is 1.41 bits per heavy atom. The lowest BCUT2D eigenvalue weighted by Gasteiger charge is -2.34. The molecule has 32 heavy (non-hydrogen) atoms. The summed E-state index contributed by atoms with van der Waals surface area (Å²) in [4.78, 5) is 29.0. The molecule has 2 amide bonds. The van der Waals surface area contributed by atoms with Crippen molar-refractivity contribution < 1.29 is 14.3 Å². The fraction of sp³-hybridized carbons (Fsp3) is 0.259. The van der Waals surface area contributed by atoms with Crippen molar-refractivity contribution in [2.24, 2.45) is 0 Å². The van der Waals surface area contributed by atoms with Gasteiger partial charge >= 0.3 is 0 Å². The zero-order valence-electron chi connectivity index (χ0n) is 18.6. The molecule has 0 aliphatic carbocycles. The Kier molecular flexibility index (Phi) is 6.55. The zero-order chi connectivity index (χ0) is 22.5. The first-order valence-corrected chi connectivity index (χ1v) is 10.9. The molecule has 0 spiro atoms. The molecule has 0 N–H and O–H groups in total. The maximum Gasteiger partial charge on any atom is 0.260 e. The number of piperazine rings is 1. The monoisotopic (exact) mass is 428 g/mol. The molecule has 0 aromatic heterocycles. The van der Waals surface area contributed by atoms with Crippen LogP contribution in [0.25, 0.3) is 11.1 Å². The predicted octanol–water partition coefficient (Wildman–Crippen LogP) is 4.33. The van der Waals surface area contributed by atoms with Gasteiger partial charge in [-0.3, -0.25) is 9.59 Å². The van der Waals surface area contributed by atoms with E-state index < -0.39 is 0 Å². The third-order valence-electron chi connectivity index (χ3n) is 5.84. The van der Waals surface area contributed by atoms with Crippen molar-refractivity contribution in [3.05, 3.63) is 89.5 Å². The molecule has 0 bridgehead atoms. The highest BCUT2D eigenvalue weighted by atomic mass is 16.5. The second kappa shape index (κ2) is 9.69. The summed E-state index contributed by atoms with van der Waals surface area (Å²) < 4.78 is 5.73. The van der Waals surface area contributed by atoms with Crippen molar-refractivity contribution in [3.63, 3.8) is 0 Å². The van der Waals surface area contributed by atoms with Gasteiger partial charge in [0.1, 0.15) is 5.75 Å². The summed E-state index contributed by atoms with van der Waals surface area (Å²) >= 11 is 0. The molecule has 0 unspecified atom stereocenters. The van der Waals surface area contributed by atoms with Gasteiger partial charge < -0.3 is 14.5 Å². The van der Waals surface area contributed by atoms with E-state index in [0.717, 1.165) is 28.0 Å². The van der Waals surface area contributed by atoms with Crippen molar-refractivity contribution >= 4 is 11.8 Å². The standard InChI is InChI=1S/C27H28N2O3/c1-20-8-13-25(21(2)18-20)32-19-26(30)28-14-16-29(17-15-28)27(31)24-11-9-23(10-12-24)22-6-4-3-5-7-22/h3-13,18H,14-17,19H2,1-2H3. The summed E-state index contributed by atoms with van der Waals surface area (Å²) in [6.07, 6.45) is 0. The second-order valence-electron chi connectivity index (χ2n) is 8.17. The molecular formula is C27H28N2O3. The minimum Gasteiger partial charge on any atom is -0.484 e. The van der Waals surface area contributed by atoms with Gasteiger partial charge in [-0.15, -0.1) is 0 Å². The molecule has 3 aromatic carbocycles. The highest BCUT2D eigenvalue weighted by Gasteiger charge is 2.25. The summed E-state index contributed by atoms with van der Waals surface area (Å²) in [5.41, 5.74) is 5.06. The Balaban J connectivity index is 1.29. The van der Waals surface area contributed by atoms with E-state index in [2.05, 4.69) is 12.1 Å². The van der Waals surface area contributed by atoms with Gasteiger partial charge in [0.05, 0.1) is 0 Å². The van der Waals surface area contributed by atoms with Gasteiger partial charge in [-0.2, -0.15) is 0 Å². The zero-order valence-corrected chi connectivity index (χ0v) is 18.6. The van der Waals surface area contributed by atoms with Gasteiger partial charge in [-0.05, 0) is 48.7 Å². The van der Waals surface area contributed by atoms with E-state index in [-0.39, 0.29) is 18.4 Å². The molecule has 1 saturated heterocycles. The first-order chi connectivity index (χ1) is 15.5. The number of amides is 2. The average Bonchev–Trinajstić information content (AvgIpc) is 2.83. The smallest absolute Gasteiger partial charge is 0.260 e. The fourth-order valence-corrected chi connectivity index (χ4v) is 3.97. The number of benzene rings is 3. The van der Waals surface area contributed by atoms with E-state index in [1.54, 1.807) is 4.90 Å².